The number of rotatable bonds is 1. The van der Waals surface area contributed by atoms with Crippen LogP contribution in [-0.2, 0) is 4.79 Å². The third-order valence-corrected chi connectivity index (χ3v) is 3.44. The first kappa shape index (κ1) is 8.09. The first-order valence-corrected chi connectivity index (χ1v) is 5.04. The van der Waals surface area contributed by atoms with Crippen molar-refractivity contribution in [2.45, 2.75) is 39.0 Å². The maximum absolute atomic E-state index is 11.3. The van der Waals surface area contributed by atoms with Crippen LogP contribution in [0, 0.1) is 5.41 Å². The fraction of sp³-hybridized carbons (Fsp3) is 0.900. The van der Waals surface area contributed by atoms with Crippen molar-refractivity contribution >= 4 is 5.91 Å². The Morgan fingerprint density at radius 1 is 1.25 bits per heavy atom. The van der Waals surface area contributed by atoms with Crippen LogP contribution in [0.15, 0.2) is 0 Å². The van der Waals surface area contributed by atoms with Crippen molar-refractivity contribution in [3.63, 3.8) is 0 Å². The van der Waals surface area contributed by atoms with E-state index in [1.54, 1.807) is 0 Å². The van der Waals surface area contributed by atoms with Crippen molar-refractivity contribution < 1.29 is 4.79 Å². The van der Waals surface area contributed by atoms with E-state index in [9.17, 15) is 4.79 Å². The lowest BCUT2D eigenvalue weighted by molar-refractivity contribution is -0.132. The number of nitrogens with zero attached hydrogens (tertiary/aromatic N) is 1. The van der Waals surface area contributed by atoms with Gasteiger partial charge in [0.05, 0.1) is 0 Å². The molecule has 1 aliphatic carbocycles. The van der Waals surface area contributed by atoms with E-state index in [0.29, 0.717) is 17.7 Å². The molecule has 0 unspecified atom stereocenters. The van der Waals surface area contributed by atoms with Gasteiger partial charge in [0.1, 0.15) is 0 Å². The molecule has 2 nitrogen and oxygen atoms in total. The Morgan fingerprint density at radius 3 is 2.25 bits per heavy atom. The molecule has 0 aromatic rings. The molecule has 2 fully saturated rings. The lowest BCUT2D eigenvalue weighted by Gasteiger charge is -2.31. The minimum Gasteiger partial charge on any atom is -0.343 e. The molecule has 0 atom stereocenters. The summed E-state index contributed by atoms with van der Waals surface area (Å²) in [6.45, 7) is 3.99. The molecule has 1 amide bonds. The number of hydrogen-bond acceptors (Lipinski definition) is 1. The van der Waals surface area contributed by atoms with Crippen molar-refractivity contribution in [1.82, 2.24) is 4.90 Å². The van der Waals surface area contributed by atoms with Gasteiger partial charge >= 0.3 is 0 Å². The number of piperidine rings is 1. The molecule has 1 heterocycles. The van der Waals surface area contributed by atoms with Gasteiger partial charge in [0.2, 0.25) is 5.91 Å². The maximum Gasteiger partial charge on any atom is 0.222 e. The van der Waals surface area contributed by atoms with Crippen LogP contribution in [0.25, 0.3) is 0 Å². The van der Waals surface area contributed by atoms with Gasteiger partial charge in [-0.05, 0) is 31.1 Å². The predicted octanol–water partition coefficient (Wildman–Crippen LogP) is 1.80. The van der Waals surface area contributed by atoms with Gasteiger partial charge in [0.15, 0.2) is 0 Å². The van der Waals surface area contributed by atoms with Crippen LogP contribution in [0.3, 0.4) is 0 Å². The van der Waals surface area contributed by atoms with Crippen LogP contribution in [0.5, 0.6) is 0 Å². The zero-order valence-electron chi connectivity index (χ0n) is 7.81. The van der Waals surface area contributed by atoms with Gasteiger partial charge in [-0.15, -0.1) is 0 Å². The highest BCUT2D eigenvalue weighted by Crippen LogP contribution is 2.53. The van der Waals surface area contributed by atoms with E-state index in [1.165, 1.54) is 25.7 Å². The molecular formula is C10H17NO. The first-order chi connectivity index (χ1) is 5.76. The van der Waals surface area contributed by atoms with Crippen molar-refractivity contribution in [2.24, 2.45) is 5.41 Å². The van der Waals surface area contributed by atoms with Crippen LogP contribution >= 0.6 is 0 Å². The predicted molar refractivity (Wildman–Crippen MR) is 47.8 cm³/mol. The van der Waals surface area contributed by atoms with E-state index in [4.69, 9.17) is 0 Å². The van der Waals surface area contributed by atoms with Gasteiger partial charge in [-0.25, -0.2) is 0 Å². The summed E-state index contributed by atoms with van der Waals surface area (Å²) in [5.41, 5.74) is 0.699. The van der Waals surface area contributed by atoms with Crippen molar-refractivity contribution in [3.8, 4) is 0 Å². The molecule has 0 radical (unpaired) electrons. The monoisotopic (exact) mass is 167 g/mol. The molecule has 0 aromatic heterocycles. The van der Waals surface area contributed by atoms with Crippen LogP contribution < -0.4 is 0 Å². The van der Waals surface area contributed by atoms with Crippen molar-refractivity contribution in [2.75, 3.05) is 13.1 Å². The second-order valence-electron chi connectivity index (χ2n) is 4.23. The second kappa shape index (κ2) is 2.75. The summed E-state index contributed by atoms with van der Waals surface area (Å²) in [7, 11) is 0. The summed E-state index contributed by atoms with van der Waals surface area (Å²) in [5, 5.41) is 0. The highest BCUT2D eigenvalue weighted by molar-refractivity contribution is 5.75. The Morgan fingerprint density at radius 2 is 1.83 bits per heavy atom. The Bertz CT molecular complexity index is 186. The molecule has 68 valence electrons. The average Bonchev–Trinajstić information content (AvgIpc) is 2.85. The summed E-state index contributed by atoms with van der Waals surface area (Å²) in [6, 6.07) is 0. The maximum atomic E-state index is 11.3. The van der Waals surface area contributed by atoms with Gasteiger partial charge < -0.3 is 4.90 Å². The standard InChI is InChI=1S/C10H17NO/c1-2-9(12)11-7-5-10(3-4-10)6-8-11/h2-8H2,1H3. The van der Waals surface area contributed by atoms with Gasteiger partial charge in [0.25, 0.3) is 0 Å². The summed E-state index contributed by atoms with van der Waals surface area (Å²) in [4.78, 5) is 13.4. The SMILES string of the molecule is CCC(=O)N1CCC2(CC1)CC2. The lowest BCUT2D eigenvalue weighted by Crippen LogP contribution is -2.38. The molecule has 0 N–H and O–H groups in total. The van der Waals surface area contributed by atoms with Crippen LogP contribution in [0.2, 0.25) is 0 Å². The molecule has 2 heteroatoms. The number of carbonyl (C=O) groups is 1. The van der Waals surface area contributed by atoms with Crippen LogP contribution in [0.1, 0.15) is 39.0 Å². The largest absolute Gasteiger partial charge is 0.343 e. The molecule has 0 aromatic carbocycles. The van der Waals surface area contributed by atoms with Crippen LogP contribution in [0.4, 0.5) is 0 Å². The fourth-order valence-corrected chi connectivity index (χ4v) is 2.13. The zero-order chi connectivity index (χ0) is 8.60. The minimum absolute atomic E-state index is 0.338. The Balaban J connectivity index is 1.85. The summed E-state index contributed by atoms with van der Waals surface area (Å²) in [6.07, 6.45) is 6.03. The fourth-order valence-electron chi connectivity index (χ4n) is 2.13. The van der Waals surface area contributed by atoms with Crippen molar-refractivity contribution in [1.29, 1.82) is 0 Å². The van der Waals surface area contributed by atoms with Gasteiger partial charge in [-0.3, -0.25) is 4.79 Å². The molecule has 1 aliphatic heterocycles. The molecule has 0 bridgehead atoms. The van der Waals surface area contributed by atoms with Crippen molar-refractivity contribution in [3.05, 3.63) is 0 Å². The third-order valence-electron chi connectivity index (χ3n) is 3.44. The molecule has 1 saturated heterocycles. The molecule has 2 aliphatic rings. The first-order valence-electron chi connectivity index (χ1n) is 5.04. The highest BCUT2D eigenvalue weighted by atomic mass is 16.2. The normalized spacial score (nSPS) is 25.9. The Kier molecular flexibility index (Phi) is 1.85. The lowest BCUT2D eigenvalue weighted by atomic mass is 9.93. The zero-order valence-corrected chi connectivity index (χ0v) is 7.81. The van der Waals surface area contributed by atoms with E-state index < -0.39 is 0 Å². The van der Waals surface area contributed by atoms with E-state index in [0.717, 1.165) is 13.1 Å². The smallest absolute Gasteiger partial charge is 0.222 e. The minimum atomic E-state index is 0.338. The van der Waals surface area contributed by atoms with Gasteiger partial charge in [0, 0.05) is 19.5 Å². The number of amides is 1. The molecule has 2 rings (SSSR count). The van der Waals surface area contributed by atoms with E-state index in [-0.39, 0.29) is 0 Å². The third kappa shape index (κ3) is 1.35. The molecular weight excluding hydrogens is 150 g/mol. The number of carbonyl (C=O) groups excluding carboxylic acids is 1. The van der Waals surface area contributed by atoms with E-state index in [1.807, 2.05) is 11.8 Å². The Labute approximate surface area is 73.9 Å². The second-order valence-corrected chi connectivity index (χ2v) is 4.23. The van der Waals surface area contributed by atoms with Crippen LogP contribution in [-0.4, -0.2) is 23.9 Å². The number of likely N-dealkylation sites (tertiary alicyclic amines) is 1. The van der Waals surface area contributed by atoms with E-state index in [2.05, 4.69) is 0 Å². The van der Waals surface area contributed by atoms with E-state index >= 15 is 0 Å². The number of hydrogen-bond donors (Lipinski definition) is 0. The molecule has 12 heavy (non-hydrogen) atoms. The van der Waals surface area contributed by atoms with Gasteiger partial charge in [-0.1, -0.05) is 6.92 Å². The average molecular weight is 167 g/mol. The Hall–Kier alpha value is -0.530. The quantitative estimate of drug-likeness (QED) is 0.583. The molecule has 1 spiro atoms. The summed E-state index contributed by atoms with van der Waals surface area (Å²) in [5.74, 6) is 0.338. The summed E-state index contributed by atoms with van der Waals surface area (Å²) >= 11 is 0. The topological polar surface area (TPSA) is 20.3 Å². The highest BCUT2D eigenvalue weighted by Gasteiger charge is 2.44. The molecule has 1 saturated carbocycles. The summed E-state index contributed by atoms with van der Waals surface area (Å²) < 4.78 is 0. The van der Waals surface area contributed by atoms with Gasteiger partial charge in [-0.2, -0.15) is 0 Å².